The molecule has 0 aromatic heterocycles. The van der Waals surface area contributed by atoms with Gasteiger partial charge in [-0.05, 0) is 6.42 Å². The number of carbonyl (C=O) groups is 2. The molecule has 1 fully saturated rings. The summed E-state index contributed by atoms with van der Waals surface area (Å²) in [5, 5.41) is 0. The minimum absolute atomic E-state index is 0.00743. The van der Waals surface area contributed by atoms with Crippen LogP contribution in [0, 0.1) is 0 Å². The summed E-state index contributed by atoms with van der Waals surface area (Å²) in [6, 6.07) is 0. The molecule has 0 radical (unpaired) electrons. The van der Waals surface area contributed by atoms with Crippen molar-refractivity contribution >= 4 is 32.0 Å². The lowest BCUT2D eigenvalue weighted by molar-refractivity contribution is -0.119. The molecule has 0 N–H and O–H groups in total. The summed E-state index contributed by atoms with van der Waals surface area (Å²) in [5.41, 5.74) is 0. The van der Waals surface area contributed by atoms with E-state index in [-0.39, 0.29) is 23.1 Å². The summed E-state index contributed by atoms with van der Waals surface area (Å²) >= 11 is 0. The Hall–Kier alpha value is -0.400. The maximum atomic E-state index is 12.0. The highest BCUT2D eigenvalue weighted by atomic mass is 32.3. The van der Waals surface area contributed by atoms with E-state index >= 15 is 0 Å². The Morgan fingerprint density at radius 1 is 1.25 bits per heavy atom. The third-order valence-corrected chi connectivity index (χ3v) is 8.84. The van der Waals surface area contributed by atoms with E-state index in [9.17, 15) is 18.0 Å². The van der Waals surface area contributed by atoms with Gasteiger partial charge >= 0.3 is 0 Å². The lowest BCUT2D eigenvalue weighted by atomic mass is 10.2. The molecule has 0 atom stereocenters. The molecule has 0 unspecified atom stereocenters. The van der Waals surface area contributed by atoms with Gasteiger partial charge in [0.1, 0.15) is 11.6 Å². The lowest BCUT2D eigenvalue weighted by Gasteiger charge is -2.40. The Bertz CT molecular complexity index is 445. The Kier molecular flexibility index (Phi) is 6.68. The molecule has 0 aliphatic carbocycles. The van der Waals surface area contributed by atoms with Crippen LogP contribution >= 0.6 is 10.3 Å². The molecule has 0 saturated carbocycles. The largest absolute Gasteiger partial charge is 0.300 e. The molecule has 0 amide bonds. The van der Waals surface area contributed by atoms with Crippen LogP contribution in [0.5, 0.6) is 0 Å². The van der Waals surface area contributed by atoms with Crippen molar-refractivity contribution in [3.63, 3.8) is 0 Å². The Morgan fingerprint density at radius 2 is 1.85 bits per heavy atom. The zero-order chi connectivity index (χ0) is 15.2. The van der Waals surface area contributed by atoms with Crippen molar-refractivity contribution in [3.8, 4) is 0 Å². The average molecular weight is 324 g/mol. The summed E-state index contributed by atoms with van der Waals surface area (Å²) < 4.78 is 29.5. The van der Waals surface area contributed by atoms with E-state index in [0.717, 1.165) is 6.42 Å². The third-order valence-electron chi connectivity index (χ3n) is 3.32. The zero-order valence-electron chi connectivity index (χ0n) is 12.2. The highest BCUT2D eigenvalue weighted by Crippen LogP contribution is 2.54. The van der Waals surface area contributed by atoms with Crippen LogP contribution in [0.2, 0.25) is 0 Å². The van der Waals surface area contributed by atoms with Crippen molar-refractivity contribution in [2.24, 2.45) is 0 Å². The van der Waals surface area contributed by atoms with Crippen molar-refractivity contribution in [1.29, 1.82) is 0 Å². The predicted octanol–water partition coefficient (Wildman–Crippen LogP) is 2.19. The molecular formula is C13H24O5S2. The van der Waals surface area contributed by atoms with E-state index in [1.165, 1.54) is 0 Å². The van der Waals surface area contributed by atoms with E-state index in [1.807, 2.05) is 6.92 Å². The maximum Gasteiger partial charge on any atom is 0.276 e. The standard InChI is InChI=1S/C13H24O5S2/c1-3-5-8-20(16,17)18-19(11-12(14)4-2)9-6-13(15)7-10-19/h3-11H2,1-2H3. The van der Waals surface area contributed by atoms with Crippen LogP contribution in [0.3, 0.4) is 0 Å². The summed E-state index contributed by atoms with van der Waals surface area (Å²) in [6.45, 7) is 3.67. The number of Topliss-reactive ketones (excluding diaryl/α,β-unsaturated/α-hetero) is 2. The van der Waals surface area contributed by atoms with Crippen LogP contribution in [0.4, 0.5) is 0 Å². The minimum atomic E-state index is -3.60. The van der Waals surface area contributed by atoms with Gasteiger partial charge in [0.25, 0.3) is 10.1 Å². The molecule has 7 heteroatoms. The van der Waals surface area contributed by atoms with Crippen molar-refractivity contribution in [1.82, 2.24) is 0 Å². The van der Waals surface area contributed by atoms with Gasteiger partial charge in [0.15, 0.2) is 0 Å². The number of rotatable bonds is 8. The quantitative estimate of drug-likeness (QED) is 0.684. The molecule has 0 bridgehead atoms. The number of unbranched alkanes of at least 4 members (excludes halogenated alkanes) is 1. The molecule has 20 heavy (non-hydrogen) atoms. The molecule has 1 saturated heterocycles. The monoisotopic (exact) mass is 324 g/mol. The van der Waals surface area contributed by atoms with Gasteiger partial charge in [0, 0.05) is 30.8 Å². The van der Waals surface area contributed by atoms with Gasteiger partial charge < -0.3 is 0 Å². The first-order valence-electron chi connectivity index (χ1n) is 7.06. The second-order valence-electron chi connectivity index (χ2n) is 5.13. The van der Waals surface area contributed by atoms with E-state index in [2.05, 4.69) is 0 Å². The van der Waals surface area contributed by atoms with Gasteiger partial charge in [-0.15, -0.1) is 10.3 Å². The molecule has 1 aliphatic heterocycles. The number of hydrogen-bond acceptors (Lipinski definition) is 5. The molecule has 1 aliphatic rings. The van der Waals surface area contributed by atoms with E-state index < -0.39 is 20.4 Å². The Morgan fingerprint density at radius 3 is 2.35 bits per heavy atom. The second kappa shape index (κ2) is 7.56. The molecule has 5 nitrogen and oxygen atoms in total. The number of ketones is 2. The first-order chi connectivity index (χ1) is 9.32. The maximum absolute atomic E-state index is 12.0. The van der Waals surface area contributed by atoms with Crippen molar-refractivity contribution < 1.29 is 21.6 Å². The van der Waals surface area contributed by atoms with Crippen LogP contribution in [-0.4, -0.2) is 43.0 Å². The van der Waals surface area contributed by atoms with Gasteiger partial charge in [-0.1, -0.05) is 20.3 Å². The highest BCUT2D eigenvalue weighted by Gasteiger charge is 2.36. The topological polar surface area (TPSA) is 77.5 Å². The lowest BCUT2D eigenvalue weighted by Crippen LogP contribution is -2.30. The summed E-state index contributed by atoms with van der Waals surface area (Å²) in [5.74, 6) is 1.12. The highest BCUT2D eigenvalue weighted by molar-refractivity contribution is 8.33. The molecule has 0 aromatic carbocycles. The zero-order valence-corrected chi connectivity index (χ0v) is 13.9. The molecule has 0 spiro atoms. The van der Waals surface area contributed by atoms with Crippen molar-refractivity contribution in [2.75, 3.05) is 23.0 Å². The fourth-order valence-electron chi connectivity index (χ4n) is 2.03. The smallest absolute Gasteiger partial charge is 0.276 e. The summed E-state index contributed by atoms with van der Waals surface area (Å²) in [6.07, 6.45) is 2.36. The molecule has 1 rings (SSSR count). The summed E-state index contributed by atoms with van der Waals surface area (Å²) in [7, 11) is -5.59. The fourth-order valence-corrected chi connectivity index (χ4v) is 7.93. The van der Waals surface area contributed by atoms with Gasteiger partial charge in [-0.2, -0.15) is 8.42 Å². The fraction of sp³-hybridized carbons (Fsp3) is 0.846. The average Bonchev–Trinajstić information content (AvgIpc) is 2.39. The second-order valence-corrected chi connectivity index (χ2v) is 10.2. The first kappa shape index (κ1) is 17.7. The molecule has 118 valence electrons. The summed E-state index contributed by atoms with van der Waals surface area (Å²) in [4.78, 5) is 23.1. The van der Waals surface area contributed by atoms with Gasteiger partial charge in [-0.3, -0.25) is 9.59 Å². The van der Waals surface area contributed by atoms with Crippen LogP contribution in [0.1, 0.15) is 46.0 Å². The Balaban J connectivity index is 2.82. The van der Waals surface area contributed by atoms with Gasteiger partial charge in [-0.25, -0.2) is 3.63 Å². The number of hydrogen-bond donors (Lipinski definition) is 0. The molecular weight excluding hydrogens is 300 g/mol. The number of carbonyl (C=O) groups excluding carboxylic acids is 2. The predicted molar refractivity (Wildman–Crippen MR) is 81.5 cm³/mol. The first-order valence-corrected chi connectivity index (χ1v) is 10.7. The SMILES string of the molecule is CCCCS(=O)(=O)OS1(CC(=O)CC)CCC(=O)CC1. The Labute approximate surface area is 123 Å². The van der Waals surface area contributed by atoms with E-state index in [4.69, 9.17) is 3.63 Å². The molecule has 1 heterocycles. The van der Waals surface area contributed by atoms with Crippen LogP contribution in [-0.2, 0) is 23.3 Å². The normalized spacial score (nSPS) is 20.6. The van der Waals surface area contributed by atoms with Gasteiger partial charge in [0.05, 0.1) is 11.5 Å². The van der Waals surface area contributed by atoms with Gasteiger partial charge in [0.2, 0.25) is 0 Å². The van der Waals surface area contributed by atoms with Crippen LogP contribution in [0.15, 0.2) is 0 Å². The van der Waals surface area contributed by atoms with Crippen molar-refractivity contribution in [3.05, 3.63) is 0 Å². The van der Waals surface area contributed by atoms with E-state index in [1.54, 1.807) is 6.92 Å². The van der Waals surface area contributed by atoms with Crippen molar-refractivity contribution in [2.45, 2.75) is 46.0 Å². The van der Waals surface area contributed by atoms with E-state index in [0.29, 0.717) is 37.2 Å². The minimum Gasteiger partial charge on any atom is -0.300 e. The third kappa shape index (κ3) is 5.54. The van der Waals surface area contributed by atoms with Crippen LogP contribution < -0.4 is 0 Å². The molecule has 0 aromatic rings. The van der Waals surface area contributed by atoms with Crippen LogP contribution in [0.25, 0.3) is 0 Å².